The highest BCUT2D eigenvalue weighted by molar-refractivity contribution is 5.91. The van der Waals surface area contributed by atoms with Gasteiger partial charge in [-0.15, -0.1) is 0 Å². The van der Waals surface area contributed by atoms with Crippen molar-refractivity contribution in [3.8, 4) is 11.3 Å². The second-order valence-corrected chi connectivity index (χ2v) is 5.69. The average molecular weight is 271 g/mol. The molecule has 0 radical (unpaired) electrons. The van der Waals surface area contributed by atoms with Crippen LogP contribution < -0.4 is 0 Å². The van der Waals surface area contributed by atoms with E-state index in [4.69, 9.17) is 0 Å². The summed E-state index contributed by atoms with van der Waals surface area (Å²) in [6.07, 6.45) is 1.06. The topological polar surface area (TPSA) is 42.2 Å². The standard InChI is InChI=1S/C17H21NO2/c1-11(2)9-13-5-7-14(8-6-13)16-10-15(17(19)20)12(3)18(16)4/h5-8,10-11H,9H2,1-4H3,(H,19,20). The zero-order chi connectivity index (χ0) is 14.9. The molecule has 1 heterocycles. The molecule has 3 heteroatoms. The highest BCUT2D eigenvalue weighted by atomic mass is 16.4. The number of aromatic carboxylic acids is 1. The number of rotatable bonds is 4. The van der Waals surface area contributed by atoms with Crippen molar-refractivity contribution in [2.24, 2.45) is 13.0 Å². The van der Waals surface area contributed by atoms with Crippen molar-refractivity contribution in [3.63, 3.8) is 0 Å². The van der Waals surface area contributed by atoms with Gasteiger partial charge >= 0.3 is 5.97 Å². The molecular formula is C17H21NO2. The third kappa shape index (κ3) is 2.77. The molecule has 2 rings (SSSR count). The molecule has 0 unspecified atom stereocenters. The molecule has 0 amide bonds. The van der Waals surface area contributed by atoms with Crippen molar-refractivity contribution < 1.29 is 9.90 Å². The normalized spacial score (nSPS) is 11.1. The third-order valence-electron chi connectivity index (χ3n) is 3.66. The molecule has 0 aliphatic heterocycles. The van der Waals surface area contributed by atoms with Gasteiger partial charge in [0.05, 0.1) is 5.56 Å². The Bertz CT molecular complexity index is 621. The molecule has 0 aliphatic rings. The molecule has 0 bridgehead atoms. The van der Waals surface area contributed by atoms with Gasteiger partial charge in [-0.2, -0.15) is 0 Å². The van der Waals surface area contributed by atoms with Crippen LogP contribution in [0.15, 0.2) is 30.3 Å². The summed E-state index contributed by atoms with van der Waals surface area (Å²) in [7, 11) is 1.90. The van der Waals surface area contributed by atoms with Crippen LogP contribution in [0.4, 0.5) is 0 Å². The number of nitrogens with zero attached hydrogens (tertiary/aromatic N) is 1. The van der Waals surface area contributed by atoms with Crippen molar-refractivity contribution in [2.45, 2.75) is 27.2 Å². The Morgan fingerprint density at radius 1 is 1.25 bits per heavy atom. The molecule has 0 spiro atoms. The van der Waals surface area contributed by atoms with Gasteiger partial charge in [0.2, 0.25) is 0 Å². The van der Waals surface area contributed by atoms with E-state index in [1.165, 1.54) is 5.56 Å². The number of hydrogen-bond donors (Lipinski definition) is 1. The maximum Gasteiger partial charge on any atom is 0.337 e. The van der Waals surface area contributed by atoms with Crippen LogP contribution in [-0.4, -0.2) is 15.6 Å². The number of carbonyl (C=O) groups is 1. The van der Waals surface area contributed by atoms with E-state index in [2.05, 4.69) is 38.1 Å². The van der Waals surface area contributed by atoms with Crippen molar-refractivity contribution in [1.82, 2.24) is 4.57 Å². The minimum absolute atomic E-state index is 0.369. The molecule has 1 aromatic heterocycles. The van der Waals surface area contributed by atoms with Gasteiger partial charge in [0.1, 0.15) is 0 Å². The molecular weight excluding hydrogens is 250 g/mol. The predicted molar refractivity (Wildman–Crippen MR) is 81.1 cm³/mol. The lowest BCUT2D eigenvalue weighted by molar-refractivity contribution is 0.0696. The summed E-state index contributed by atoms with van der Waals surface area (Å²) >= 11 is 0. The number of carboxylic acids is 1. The Balaban J connectivity index is 2.37. The van der Waals surface area contributed by atoms with Gasteiger partial charge in [-0.1, -0.05) is 38.1 Å². The summed E-state index contributed by atoms with van der Waals surface area (Å²) < 4.78 is 1.93. The first kappa shape index (κ1) is 14.4. The fraction of sp³-hybridized carbons (Fsp3) is 0.353. The van der Waals surface area contributed by atoms with Gasteiger partial charge in [-0.05, 0) is 36.5 Å². The van der Waals surface area contributed by atoms with E-state index in [1.807, 2.05) is 18.5 Å². The minimum Gasteiger partial charge on any atom is -0.478 e. The number of benzene rings is 1. The van der Waals surface area contributed by atoms with Gasteiger partial charge in [-0.3, -0.25) is 0 Å². The van der Waals surface area contributed by atoms with Crippen LogP contribution in [0.3, 0.4) is 0 Å². The van der Waals surface area contributed by atoms with Crippen molar-refractivity contribution in [1.29, 1.82) is 0 Å². The molecule has 3 nitrogen and oxygen atoms in total. The van der Waals surface area contributed by atoms with E-state index in [1.54, 1.807) is 6.07 Å². The van der Waals surface area contributed by atoms with E-state index >= 15 is 0 Å². The van der Waals surface area contributed by atoms with Gasteiger partial charge in [-0.25, -0.2) is 4.79 Å². The first-order chi connectivity index (χ1) is 9.40. The van der Waals surface area contributed by atoms with Crippen molar-refractivity contribution in [2.75, 3.05) is 0 Å². The highest BCUT2D eigenvalue weighted by Gasteiger charge is 2.15. The largest absolute Gasteiger partial charge is 0.478 e. The second kappa shape index (κ2) is 5.53. The van der Waals surface area contributed by atoms with E-state index in [0.29, 0.717) is 11.5 Å². The van der Waals surface area contributed by atoms with Crippen LogP contribution in [0.1, 0.15) is 35.5 Å². The Labute approximate surface area is 119 Å². The molecule has 0 saturated heterocycles. The van der Waals surface area contributed by atoms with Crippen LogP contribution in [0.5, 0.6) is 0 Å². The Hall–Kier alpha value is -2.03. The van der Waals surface area contributed by atoms with Crippen molar-refractivity contribution in [3.05, 3.63) is 47.2 Å². The smallest absolute Gasteiger partial charge is 0.337 e. The molecule has 1 aromatic carbocycles. The zero-order valence-electron chi connectivity index (χ0n) is 12.5. The van der Waals surface area contributed by atoms with Gasteiger partial charge in [0.25, 0.3) is 0 Å². The number of carboxylic acid groups (broad SMARTS) is 1. The van der Waals surface area contributed by atoms with Crippen LogP contribution in [0, 0.1) is 12.8 Å². The molecule has 0 aliphatic carbocycles. The Morgan fingerprint density at radius 3 is 2.30 bits per heavy atom. The third-order valence-corrected chi connectivity index (χ3v) is 3.66. The summed E-state index contributed by atoms with van der Waals surface area (Å²) in [4.78, 5) is 11.2. The fourth-order valence-corrected chi connectivity index (χ4v) is 2.48. The van der Waals surface area contributed by atoms with Crippen LogP contribution in [-0.2, 0) is 13.5 Å². The molecule has 1 N–H and O–H groups in total. The van der Waals surface area contributed by atoms with E-state index in [-0.39, 0.29) is 0 Å². The fourth-order valence-electron chi connectivity index (χ4n) is 2.48. The van der Waals surface area contributed by atoms with Gasteiger partial charge in [0, 0.05) is 18.4 Å². The molecule has 0 saturated carbocycles. The highest BCUT2D eigenvalue weighted by Crippen LogP contribution is 2.25. The quantitative estimate of drug-likeness (QED) is 0.916. The lowest BCUT2D eigenvalue weighted by Gasteiger charge is -2.08. The maximum absolute atomic E-state index is 11.2. The Morgan fingerprint density at radius 2 is 1.85 bits per heavy atom. The minimum atomic E-state index is -0.874. The Kier molecular flexibility index (Phi) is 3.98. The first-order valence-electron chi connectivity index (χ1n) is 6.89. The monoisotopic (exact) mass is 271 g/mol. The van der Waals surface area contributed by atoms with Crippen LogP contribution in [0.2, 0.25) is 0 Å². The average Bonchev–Trinajstić information content (AvgIpc) is 2.67. The summed E-state index contributed by atoms with van der Waals surface area (Å²) in [6, 6.07) is 10.1. The molecule has 0 fully saturated rings. The summed E-state index contributed by atoms with van der Waals surface area (Å²) in [5, 5.41) is 9.18. The number of hydrogen-bond acceptors (Lipinski definition) is 1. The van der Waals surface area contributed by atoms with E-state index in [9.17, 15) is 9.90 Å². The number of aromatic nitrogens is 1. The first-order valence-corrected chi connectivity index (χ1v) is 6.89. The maximum atomic E-state index is 11.2. The molecule has 0 atom stereocenters. The van der Waals surface area contributed by atoms with Crippen LogP contribution >= 0.6 is 0 Å². The molecule has 106 valence electrons. The SMILES string of the molecule is Cc1c(C(=O)O)cc(-c2ccc(CC(C)C)cc2)n1C. The van der Waals surface area contributed by atoms with Crippen molar-refractivity contribution >= 4 is 5.97 Å². The van der Waals surface area contributed by atoms with Crippen LogP contribution in [0.25, 0.3) is 11.3 Å². The zero-order valence-corrected chi connectivity index (χ0v) is 12.5. The van der Waals surface area contributed by atoms with Gasteiger partial charge in [0.15, 0.2) is 0 Å². The predicted octanol–water partition coefficient (Wildman–Crippen LogP) is 3.90. The molecule has 20 heavy (non-hydrogen) atoms. The summed E-state index contributed by atoms with van der Waals surface area (Å²) in [6.45, 7) is 6.24. The summed E-state index contributed by atoms with van der Waals surface area (Å²) in [5.74, 6) is -0.238. The van der Waals surface area contributed by atoms with Gasteiger partial charge < -0.3 is 9.67 Å². The lowest BCUT2D eigenvalue weighted by Crippen LogP contribution is -1.99. The second-order valence-electron chi connectivity index (χ2n) is 5.69. The summed E-state index contributed by atoms with van der Waals surface area (Å²) in [5.41, 5.74) is 4.45. The molecule has 2 aromatic rings. The van der Waals surface area contributed by atoms with E-state index < -0.39 is 5.97 Å². The van der Waals surface area contributed by atoms with E-state index in [0.717, 1.165) is 23.4 Å². The lowest BCUT2D eigenvalue weighted by atomic mass is 10.0.